The smallest absolute Gasteiger partial charge is 0.366 e. The van der Waals surface area contributed by atoms with Crippen molar-refractivity contribution < 1.29 is 18.0 Å². The Labute approximate surface area is 114 Å². The zero-order chi connectivity index (χ0) is 14.9. The number of benzene rings is 2. The van der Waals surface area contributed by atoms with Crippen LogP contribution in [0.3, 0.4) is 0 Å². The Kier molecular flexibility index (Phi) is 3.53. The molecule has 20 heavy (non-hydrogen) atoms. The molecule has 2 nitrogen and oxygen atoms in total. The molecule has 104 valence electrons. The average molecular weight is 279 g/mol. The van der Waals surface area contributed by atoms with Gasteiger partial charge in [0.25, 0.3) is 0 Å². The molecule has 0 aliphatic carbocycles. The number of amides is 1. The number of hydrogen-bond acceptors (Lipinski definition) is 1. The third-order valence-corrected chi connectivity index (χ3v) is 3.12. The number of alkyl halides is 3. The highest BCUT2D eigenvalue weighted by atomic mass is 19.4. The van der Waals surface area contributed by atoms with E-state index in [0.29, 0.717) is 11.1 Å². The Morgan fingerprint density at radius 1 is 1.00 bits per heavy atom. The van der Waals surface area contributed by atoms with Crippen LogP contribution in [-0.2, 0) is 6.18 Å². The van der Waals surface area contributed by atoms with E-state index in [1.165, 1.54) is 30.3 Å². The van der Waals surface area contributed by atoms with Crippen molar-refractivity contribution in [1.29, 1.82) is 0 Å². The Bertz CT molecular complexity index is 662. The van der Waals surface area contributed by atoms with Gasteiger partial charge in [0.15, 0.2) is 0 Å². The zero-order valence-corrected chi connectivity index (χ0v) is 10.7. The highest BCUT2D eigenvalue weighted by Gasteiger charge is 2.33. The van der Waals surface area contributed by atoms with Crippen molar-refractivity contribution in [2.24, 2.45) is 5.73 Å². The largest absolute Gasteiger partial charge is 0.417 e. The van der Waals surface area contributed by atoms with Crippen LogP contribution in [0, 0.1) is 6.92 Å². The summed E-state index contributed by atoms with van der Waals surface area (Å²) in [5.41, 5.74) is 5.55. The number of nitrogens with two attached hydrogens (primary N) is 1. The molecule has 0 aliphatic rings. The van der Waals surface area contributed by atoms with Crippen molar-refractivity contribution in [3.63, 3.8) is 0 Å². The van der Waals surface area contributed by atoms with Gasteiger partial charge in [0, 0.05) is 5.56 Å². The second kappa shape index (κ2) is 5.00. The van der Waals surface area contributed by atoms with Crippen LogP contribution in [0.2, 0.25) is 0 Å². The van der Waals surface area contributed by atoms with Crippen molar-refractivity contribution in [2.45, 2.75) is 13.1 Å². The SMILES string of the molecule is Cc1c(C(N)=O)cccc1-c1ccccc1C(F)(F)F. The van der Waals surface area contributed by atoms with Crippen molar-refractivity contribution in [3.8, 4) is 11.1 Å². The van der Waals surface area contributed by atoms with Crippen LogP contribution in [0.4, 0.5) is 13.2 Å². The van der Waals surface area contributed by atoms with E-state index in [0.717, 1.165) is 6.07 Å². The number of halogens is 3. The molecule has 0 bridgehead atoms. The van der Waals surface area contributed by atoms with E-state index in [4.69, 9.17) is 5.73 Å². The summed E-state index contributed by atoms with van der Waals surface area (Å²) < 4.78 is 39.1. The lowest BCUT2D eigenvalue weighted by molar-refractivity contribution is -0.137. The van der Waals surface area contributed by atoms with Gasteiger partial charge in [-0.2, -0.15) is 13.2 Å². The molecule has 0 aromatic heterocycles. The Morgan fingerprint density at radius 3 is 2.20 bits per heavy atom. The molecule has 1 amide bonds. The summed E-state index contributed by atoms with van der Waals surface area (Å²) >= 11 is 0. The van der Waals surface area contributed by atoms with E-state index < -0.39 is 17.6 Å². The van der Waals surface area contributed by atoms with Gasteiger partial charge in [0.05, 0.1) is 5.56 Å². The topological polar surface area (TPSA) is 43.1 Å². The van der Waals surface area contributed by atoms with E-state index in [2.05, 4.69) is 0 Å². The van der Waals surface area contributed by atoms with Crippen LogP contribution in [0.25, 0.3) is 11.1 Å². The summed E-state index contributed by atoms with van der Waals surface area (Å²) in [7, 11) is 0. The summed E-state index contributed by atoms with van der Waals surface area (Å²) in [4.78, 5) is 11.3. The van der Waals surface area contributed by atoms with Crippen LogP contribution in [0.5, 0.6) is 0 Å². The van der Waals surface area contributed by atoms with Crippen LogP contribution in [0.15, 0.2) is 42.5 Å². The minimum Gasteiger partial charge on any atom is -0.366 e. The second-order valence-corrected chi connectivity index (χ2v) is 4.39. The highest BCUT2D eigenvalue weighted by Crippen LogP contribution is 2.38. The van der Waals surface area contributed by atoms with Crippen LogP contribution >= 0.6 is 0 Å². The first-order chi connectivity index (χ1) is 9.32. The molecule has 0 atom stereocenters. The lowest BCUT2D eigenvalue weighted by atomic mass is 9.93. The first kappa shape index (κ1) is 14.1. The summed E-state index contributed by atoms with van der Waals surface area (Å²) in [6.45, 7) is 1.59. The third kappa shape index (κ3) is 2.52. The Balaban J connectivity index is 2.70. The monoisotopic (exact) mass is 279 g/mol. The normalized spacial score (nSPS) is 11.4. The van der Waals surface area contributed by atoms with Crippen LogP contribution < -0.4 is 5.73 Å². The quantitative estimate of drug-likeness (QED) is 0.893. The molecule has 0 radical (unpaired) electrons. The number of hydrogen-bond donors (Lipinski definition) is 1. The van der Waals surface area contributed by atoms with Crippen molar-refractivity contribution in [2.75, 3.05) is 0 Å². The maximum absolute atomic E-state index is 13.0. The van der Waals surface area contributed by atoms with Gasteiger partial charge in [-0.25, -0.2) is 0 Å². The minimum absolute atomic E-state index is 0.0422. The molecule has 0 saturated heterocycles. The maximum Gasteiger partial charge on any atom is 0.417 e. The first-order valence-corrected chi connectivity index (χ1v) is 5.88. The molecule has 2 aromatic carbocycles. The minimum atomic E-state index is -4.45. The summed E-state index contributed by atoms with van der Waals surface area (Å²) in [6.07, 6.45) is -4.45. The number of rotatable bonds is 2. The van der Waals surface area contributed by atoms with E-state index in [-0.39, 0.29) is 11.1 Å². The van der Waals surface area contributed by atoms with Gasteiger partial charge in [0.2, 0.25) is 5.91 Å². The van der Waals surface area contributed by atoms with Gasteiger partial charge in [-0.1, -0.05) is 30.3 Å². The molecule has 0 aliphatic heterocycles. The van der Waals surface area contributed by atoms with E-state index in [9.17, 15) is 18.0 Å². The number of carbonyl (C=O) groups is 1. The molecular weight excluding hydrogens is 267 g/mol. The van der Waals surface area contributed by atoms with Gasteiger partial charge < -0.3 is 5.73 Å². The lowest BCUT2D eigenvalue weighted by Gasteiger charge is -2.15. The van der Waals surface area contributed by atoms with E-state index in [1.54, 1.807) is 13.0 Å². The standard InChI is InChI=1S/C15H12F3NO/c1-9-10(6-4-7-11(9)14(19)20)12-5-2-3-8-13(12)15(16,17)18/h2-8H,1H3,(H2,19,20). The van der Waals surface area contributed by atoms with Crippen LogP contribution in [-0.4, -0.2) is 5.91 Å². The van der Waals surface area contributed by atoms with Gasteiger partial charge in [-0.05, 0) is 35.7 Å². The molecule has 2 aromatic rings. The molecule has 0 unspecified atom stereocenters. The molecule has 2 N–H and O–H groups in total. The fourth-order valence-corrected chi connectivity index (χ4v) is 2.16. The summed E-state index contributed by atoms with van der Waals surface area (Å²) in [6, 6.07) is 9.83. The first-order valence-electron chi connectivity index (χ1n) is 5.88. The van der Waals surface area contributed by atoms with Gasteiger partial charge in [-0.15, -0.1) is 0 Å². The fraction of sp³-hybridized carbons (Fsp3) is 0.133. The van der Waals surface area contributed by atoms with Crippen molar-refractivity contribution in [1.82, 2.24) is 0 Å². The molecule has 0 heterocycles. The second-order valence-electron chi connectivity index (χ2n) is 4.39. The van der Waals surface area contributed by atoms with E-state index in [1.807, 2.05) is 0 Å². The zero-order valence-electron chi connectivity index (χ0n) is 10.7. The molecular formula is C15H12F3NO. The maximum atomic E-state index is 13.0. The lowest BCUT2D eigenvalue weighted by Crippen LogP contribution is -2.13. The predicted molar refractivity (Wildman–Crippen MR) is 70.1 cm³/mol. The fourth-order valence-electron chi connectivity index (χ4n) is 2.16. The van der Waals surface area contributed by atoms with Gasteiger partial charge in [-0.3, -0.25) is 4.79 Å². The predicted octanol–water partition coefficient (Wildman–Crippen LogP) is 3.78. The molecule has 5 heteroatoms. The van der Waals surface area contributed by atoms with E-state index >= 15 is 0 Å². The average Bonchev–Trinajstić information content (AvgIpc) is 2.37. The van der Waals surface area contributed by atoms with Crippen molar-refractivity contribution >= 4 is 5.91 Å². The number of carbonyl (C=O) groups excluding carboxylic acids is 1. The molecule has 0 spiro atoms. The Morgan fingerprint density at radius 2 is 1.60 bits per heavy atom. The Hall–Kier alpha value is -2.30. The number of primary amides is 1. The van der Waals surface area contributed by atoms with Crippen molar-refractivity contribution in [3.05, 3.63) is 59.2 Å². The van der Waals surface area contributed by atoms with Gasteiger partial charge in [0.1, 0.15) is 0 Å². The third-order valence-electron chi connectivity index (χ3n) is 3.12. The summed E-state index contributed by atoms with van der Waals surface area (Å²) in [5.74, 6) is -0.658. The molecule has 0 saturated carbocycles. The van der Waals surface area contributed by atoms with Crippen LogP contribution in [0.1, 0.15) is 21.5 Å². The highest BCUT2D eigenvalue weighted by molar-refractivity contribution is 5.96. The summed E-state index contributed by atoms with van der Waals surface area (Å²) in [5, 5.41) is 0. The van der Waals surface area contributed by atoms with Gasteiger partial charge >= 0.3 is 6.18 Å². The molecule has 0 fully saturated rings. The molecule has 2 rings (SSSR count).